The molecule has 2 aromatic carbocycles. The molecule has 0 spiro atoms. The molecule has 3 heteroatoms. The van der Waals surface area contributed by atoms with Crippen molar-refractivity contribution in [2.45, 2.75) is 19.6 Å². The Morgan fingerprint density at radius 3 is 2.09 bits per heavy atom. The number of benzene rings is 2. The van der Waals surface area contributed by atoms with Gasteiger partial charge in [-0.1, -0.05) is 67.1 Å². The fourth-order valence-electron chi connectivity index (χ4n) is 2.63. The van der Waals surface area contributed by atoms with Crippen molar-refractivity contribution in [2.24, 2.45) is 5.92 Å². The van der Waals surface area contributed by atoms with E-state index in [4.69, 9.17) is 21.1 Å². The first-order chi connectivity index (χ1) is 11.3. The van der Waals surface area contributed by atoms with Gasteiger partial charge >= 0.3 is 0 Å². The summed E-state index contributed by atoms with van der Waals surface area (Å²) in [7, 11) is 0. The highest BCUT2D eigenvalue weighted by Crippen LogP contribution is 2.28. The van der Waals surface area contributed by atoms with Crippen molar-refractivity contribution in [3.8, 4) is 11.1 Å². The molecule has 0 N–H and O–H groups in total. The van der Waals surface area contributed by atoms with Crippen LogP contribution >= 0.6 is 11.6 Å². The molecule has 0 aliphatic carbocycles. The molecule has 2 aromatic rings. The van der Waals surface area contributed by atoms with Crippen molar-refractivity contribution in [2.75, 3.05) is 13.2 Å². The summed E-state index contributed by atoms with van der Waals surface area (Å²) >= 11 is 5.93. The fourth-order valence-corrected chi connectivity index (χ4v) is 2.75. The van der Waals surface area contributed by atoms with Crippen LogP contribution in [0.5, 0.6) is 0 Å². The molecule has 0 unspecified atom stereocenters. The minimum atomic E-state index is -0.263. The van der Waals surface area contributed by atoms with Crippen LogP contribution < -0.4 is 0 Å². The minimum Gasteiger partial charge on any atom is -0.348 e. The minimum absolute atomic E-state index is 0.263. The van der Waals surface area contributed by atoms with Crippen molar-refractivity contribution >= 4 is 11.6 Å². The Bertz CT molecular complexity index is 638. The maximum atomic E-state index is 5.93. The van der Waals surface area contributed by atoms with E-state index < -0.39 is 0 Å². The topological polar surface area (TPSA) is 18.5 Å². The summed E-state index contributed by atoms with van der Waals surface area (Å²) < 4.78 is 11.7. The number of hydrogen-bond acceptors (Lipinski definition) is 2. The van der Waals surface area contributed by atoms with Crippen LogP contribution in [0.4, 0.5) is 0 Å². The van der Waals surface area contributed by atoms with E-state index in [9.17, 15) is 0 Å². The SMILES string of the molecule is CCC=C[C@H]1CO[C@H](c2ccc(-c3ccc(Cl)cc3)cc2)OC1. The maximum absolute atomic E-state index is 5.93. The fraction of sp³-hybridized carbons (Fsp3) is 0.300. The summed E-state index contributed by atoms with van der Waals surface area (Å²) in [5, 5.41) is 0.751. The molecule has 1 heterocycles. The van der Waals surface area contributed by atoms with Crippen molar-refractivity contribution in [3.63, 3.8) is 0 Å². The summed E-state index contributed by atoms with van der Waals surface area (Å²) in [6.45, 7) is 3.55. The Kier molecular flexibility index (Phi) is 5.50. The normalized spacial score (nSPS) is 21.7. The molecule has 23 heavy (non-hydrogen) atoms. The lowest BCUT2D eigenvalue weighted by Gasteiger charge is -2.28. The summed E-state index contributed by atoms with van der Waals surface area (Å²) in [5.74, 6) is 0.361. The van der Waals surface area contributed by atoms with Crippen LogP contribution in [-0.2, 0) is 9.47 Å². The molecule has 1 aliphatic heterocycles. The van der Waals surface area contributed by atoms with Crippen LogP contribution in [-0.4, -0.2) is 13.2 Å². The molecule has 0 amide bonds. The smallest absolute Gasteiger partial charge is 0.183 e. The van der Waals surface area contributed by atoms with E-state index in [1.807, 2.05) is 24.3 Å². The third-order valence-electron chi connectivity index (χ3n) is 3.93. The first kappa shape index (κ1) is 16.3. The van der Waals surface area contributed by atoms with E-state index in [1.54, 1.807) is 0 Å². The summed E-state index contributed by atoms with van der Waals surface area (Å²) in [6.07, 6.45) is 5.13. The van der Waals surface area contributed by atoms with Gasteiger partial charge in [-0.25, -0.2) is 0 Å². The van der Waals surface area contributed by atoms with Crippen LogP contribution in [0.25, 0.3) is 11.1 Å². The Hall–Kier alpha value is -1.61. The molecule has 120 valence electrons. The molecule has 0 radical (unpaired) electrons. The van der Waals surface area contributed by atoms with Crippen molar-refractivity contribution in [1.82, 2.24) is 0 Å². The Morgan fingerprint density at radius 1 is 0.957 bits per heavy atom. The largest absolute Gasteiger partial charge is 0.348 e. The van der Waals surface area contributed by atoms with Crippen molar-refractivity contribution in [1.29, 1.82) is 0 Å². The van der Waals surface area contributed by atoms with Gasteiger partial charge in [-0.05, 0) is 29.7 Å². The predicted molar refractivity (Wildman–Crippen MR) is 94.5 cm³/mol. The lowest BCUT2D eigenvalue weighted by atomic mass is 10.0. The number of ether oxygens (including phenoxy) is 2. The van der Waals surface area contributed by atoms with Gasteiger partial charge in [0.1, 0.15) is 0 Å². The molecule has 0 bridgehead atoms. The molecule has 0 saturated carbocycles. The molecule has 2 nitrogen and oxygen atoms in total. The van der Waals surface area contributed by atoms with Gasteiger partial charge in [0.2, 0.25) is 0 Å². The van der Waals surface area contributed by atoms with Gasteiger partial charge in [-0.2, -0.15) is 0 Å². The Morgan fingerprint density at radius 2 is 1.52 bits per heavy atom. The zero-order valence-electron chi connectivity index (χ0n) is 13.2. The van der Waals surface area contributed by atoms with Gasteiger partial charge in [-0.15, -0.1) is 0 Å². The van der Waals surface area contributed by atoms with E-state index in [0.29, 0.717) is 19.1 Å². The van der Waals surface area contributed by atoms with E-state index >= 15 is 0 Å². The van der Waals surface area contributed by atoms with E-state index in [-0.39, 0.29) is 6.29 Å². The quantitative estimate of drug-likeness (QED) is 0.677. The molecule has 1 saturated heterocycles. The monoisotopic (exact) mass is 328 g/mol. The number of allylic oxidation sites excluding steroid dienone is 1. The molecule has 1 fully saturated rings. The summed E-state index contributed by atoms with van der Waals surface area (Å²) in [5.41, 5.74) is 3.36. The average molecular weight is 329 g/mol. The van der Waals surface area contributed by atoms with Gasteiger partial charge in [0, 0.05) is 16.5 Å². The number of halogens is 1. The highest BCUT2D eigenvalue weighted by Gasteiger charge is 2.21. The van der Waals surface area contributed by atoms with Crippen LogP contribution in [0, 0.1) is 5.92 Å². The zero-order chi connectivity index (χ0) is 16.1. The lowest BCUT2D eigenvalue weighted by molar-refractivity contribution is -0.197. The highest BCUT2D eigenvalue weighted by molar-refractivity contribution is 6.30. The molecular weight excluding hydrogens is 308 g/mol. The number of hydrogen-bond donors (Lipinski definition) is 0. The molecule has 0 atom stereocenters. The lowest BCUT2D eigenvalue weighted by Crippen LogP contribution is -2.25. The molecular formula is C20H21ClO2. The van der Waals surface area contributed by atoms with Gasteiger partial charge in [0.15, 0.2) is 6.29 Å². The molecule has 1 aliphatic rings. The Balaban J connectivity index is 1.64. The van der Waals surface area contributed by atoms with E-state index in [0.717, 1.165) is 28.1 Å². The summed E-state index contributed by atoms with van der Waals surface area (Å²) in [4.78, 5) is 0. The predicted octanol–water partition coefficient (Wildman–Crippen LogP) is 5.63. The standard InChI is InChI=1S/C20H21ClO2/c1-2-3-4-15-13-22-20(23-14-15)18-7-5-16(6-8-18)17-9-11-19(21)12-10-17/h3-12,15,20H,2,13-14H2,1H3/t15-,20-. The highest BCUT2D eigenvalue weighted by atomic mass is 35.5. The van der Waals surface area contributed by atoms with E-state index in [1.165, 1.54) is 0 Å². The van der Waals surface area contributed by atoms with Crippen LogP contribution in [0.2, 0.25) is 5.02 Å². The second kappa shape index (κ2) is 7.78. The second-order valence-electron chi connectivity index (χ2n) is 5.72. The second-order valence-corrected chi connectivity index (χ2v) is 6.16. The van der Waals surface area contributed by atoms with Crippen LogP contribution in [0.1, 0.15) is 25.2 Å². The zero-order valence-corrected chi connectivity index (χ0v) is 14.0. The van der Waals surface area contributed by atoms with Gasteiger partial charge in [0.05, 0.1) is 13.2 Å². The van der Waals surface area contributed by atoms with E-state index in [2.05, 4.69) is 43.3 Å². The van der Waals surface area contributed by atoms with Crippen molar-refractivity contribution in [3.05, 3.63) is 71.3 Å². The maximum Gasteiger partial charge on any atom is 0.183 e. The average Bonchev–Trinajstić information content (AvgIpc) is 2.61. The molecule has 3 rings (SSSR count). The van der Waals surface area contributed by atoms with Crippen molar-refractivity contribution < 1.29 is 9.47 Å². The molecule has 0 aromatic heterocycles. The van der Waals surface area contributed by atoms with Crippen LogP contribution in [0.15, 0.2) is 60.7 Å². The van der Waals surface area contributed by atoms with Gasteiger partial charge in [-0.3, -0.25) is 0 Å². The van der Waals surface area contributed by atoms with Gasteiger partial charge < -0.3 is 9.47 Å². The third kappa shape index (κ3) is 4.23. The van der Waals surface area contributed by atoms with Gasteiger partial charge in [0.25, 0.3) is 0 Å². The Labute approximate surface area is 142 Å². The summed E-state index contributed by atoms with van der Waals surface area (Å²) in [6, 6.07) is 16.2. The first-order valence-corrected chi connectivity index (χ1v) is 8.40. The third-order valence-corrected chi connectivity index (χ3v) is 4.18. The first-order valence-electron chi connectivity index (χ1n) is 8.02. The van der Waals surface area contributed by atoms with Crippen LogP contribution in [0.3, 0.4) is 0 Å². The number of rotatable bonds is 4.